The first-order valence-electron chi connectivity index (χ1n) is 6.68. The summed E-state index contributed by atoms with van der Waals surface area (Å²) in [5.74, 6) is -0.368. The van der Waals surface area contributed by atoms with Gasteiger partial charge in [-0.25, -0.2) is 0 Å². The van der Waals surface area contributed by atoms with Crippen LogP contribution in [0.5, 0.6) is 0 Å². The Kier molecular flexibility index (Phi) is 3.48. The van der Waals surface area contributed by atoms with Crippen LogP contribution in [-0.2, 0) is 9.53 Å². The predicted molar refractivity (Wildman–Crippen MR) is 80.0 cm³/mol. The number of aliphatic hydroxyl groups is 1. The van der Waals surface area contributed by atoms with Crippen LogP contribution in [0, 0.1) is 0 Å². The quantitative estimate of drug-likeness (QED) is 0.821. The van der Waals surface area contributed by atoms with Crippen molar-refractivity contribution in [3.05, 3.63) is 22.2 Å². The van der Waals surface area contributed by atoms with Crippen molar-refractivity contribution >= 4 is 33.2 Å². The number of nitrogens with one attached hydrogen (secondary N) is 1. The van der Waals surface area contributed by atoms with E-state index in [1.807, 2.05) is 19.1 Å². The molecule has 0 aliphatic carbocycles. The monoisotopic (exact) mass is 340 g/mol. The number of benzene rings is 1. The van der Waals surface area contributed by atoms with Crippen LogP contribution in [0.2, 0.25) is 0 Å². The van der Waals surface area contributed by atoms with Crippen molar-refractivity contribution in [3.8, 4) is 0 Å². The fourth-order valence-corrected chi connectivity index (χ4v) is 3.30. The number of fused-ring (bicyclic) bond motifs is 1. The number of carbonyl (C=O) groups excluding carboxylic acids is 1. The van der Waals surface area contributed by atoms with Gasteiger partial charge in [0, 0.05) is 28.3 Å². The number of nitrogens with zero attached hydrogens (tertiary/aromatic N) is 1. The highest BCUT2D eigenvalue weighted by Gasteiger charge is 2.32. The van der Waals surface area contributed by atoms with Gasteiger partial charge < -0.3 is 20.1 Å². The van der Waals surface area contributed by atoms with Crippen LogP contribution in [-0.4, -0.2) is 36.3 Å². The molecule has 3 atom stereocenters. The number of ether oxygens (including phenoxy) is 1. The van der Waals surface area contributed by atoms with Crippen LogP contribution in [0.4, 0.5) is 11.4 Å². The van der Waals surface area contributed by atoms with E-state index in [-0.39, 0.29) is 18.1 Å². The second kappa shape index (κ2) is 5.02. The molecule has 1 aromatic carbocycles. The molecular weight excluding hydrogens is 324 g/mol. The number of rotatable bonds is 1. The molecule has 1 aromatic rings. The summed E-state index contributed by atoms with van der Waals surface area (Å²) in [6.45, 7) is 5.64. The zero-order valence-corrected chi connectivity index (χ0v) is 13.0. The number of hydrogen-bond acceptors (Lipinski definition) is 4. The molecule has 6 heteroatoms. The average Bonchev–Trinajstić information content (AvgIpc) is 2.68. The van der Waals surface area contributed by atoms with Crippen LogP contribution < -0.4 is 10.2 Å². The molecule has 0 bridgehead atoms. The van der Waals surface area contributed by atoms with E-state index in [0.717, 1.165) is 16.7 Å². The molecule has 1 amide bonds. The van der Waals surface area contributed by atoms with Gasteiger partial charge in [0.25, 0.3) is 5.91 Å². The lowest BCUT2D eigenvalue weighted by Crippen LogP contribution is -2.47. The van der Waals surface area contributed by atoms with Gasteiger partial charge in [0.05, 0.1) is 18.4 Å². The van der Waals surface area contributed by atoms with Crippen molar-refractivity contribution in [1.82, 2.24) is 0 Å². The number of halogens is 1. The normalized spacial score (nSPS) is 29.3. The lowest BCUT2D eigenvalue weighted by atomic mass is 10.1. The maximum absolute atomic E-state index is 11.5. The Balaban J connectivity index is 1.99. The van der Waals surface area contributed by atoms with Crippen molar-refractivity contribution in [2.24, 2.45) is 0 Å². The standard InChI is InChI=1S/C14H17BrN2O3/c1-7-6-20-8(2)5-17(7)12-4-11-9(3-10(12)15)13(18)14(19)16-11/h3-4,7-8,13,18H,5-6H2,1-2H3,(H,16,19). The maximum atomic E-state index is 11.5. The lowest BCUT2D eigenvalue weighted by molar-refractivity contribution is -0.123. The Hall–Kier alpha value is -1.11. The first-order valence-corrected chi connectivity index (χ1v) is 7.47. The molecule has 3 unspecified atom stereocenters. The highest BCUT2D eigenvalue weighted by atomic mass is 79.9. The molecule has 2 aliphatic rings. The van der Waals surface area contributed by atoms with E-state index in [0.29, 0.717) is 17.9 Å². The lowest BCUT2D eigenvalue weighted by Gasteiger charge is -2.39. The highest BCUT2D eigenvalue weighted by Crippen LogP contribution is 2.40. The maximum Gasteiger partial charge on any atom is 0.257 e. The topological polar surface area (TPSA) is 61.8 Å². The summed E-state index contributed by atoms with van der Waals surface area (Å²) in [4.78, 5) is 13.8. The summed E-state index contributed by atoms with van der Waals surface area (Å²) in [5.41, 5.74) is 2.33. The molecule has 0 radical (unpaired) electrons. The van der Waals surface area contributed by atoms with E-state index in [9.17, 15) is 9.90 Å². The van der Waals surface area contributed by atoms with E-state index in [4.69, 9.17) is 4.74 Å². The van der Waals surface area contributed by atoms with Crippen LogP contribution in [0.15, 0.2) is 16.6 Å². The smallest absolute Gasteiger partial charge is 0.257 e. The number of amides is 1. The molecule has 3 rings (SSSR count). The molecule has 5 nitrogen and oxygen atoms in total. The Labute approximate surface area is 126 Å². The second-order valence-corrected chi connectivity index (χ2v) is 6.28. The minimum Gasteiger partial charge on any atom is -0.378 e. The van der Waals surface area contributed by atoms with E-state index in [1.165, 1.54) is 0 Å². The van der Waals surface area contributed by atoms with Gasteiger partial charge >= 0.3 is 0 Å². The third-order valence-electron chi connectivity index (χ3n) is 3.84. The molecule has 2 N–H and O–H groups in total. The fraction of sp³-hybridized carbons (Fsp3) is 0.500. The molecule has 20 heavy (non-hydrogen) atoms. The fourth-order valence-electron chi connectivity index (χ4n) is 2.71. The van der Waals surface area contributed by atoms with Crippen LogP contribution in [0.25, 0.3) is 0 Å². The van der Waals surface area contributed by atoms with Crippen molar-refractivity contribution < 1.29 is 14.6 Å². The number of carbonyl (C=O) groups is 1. The van der Waals surface area contributed by atoms with Gasteiger partial charge in [-0.1, -0.05) is 0 Å². The number of anilines is 2. The third-order valence-corrected chi connectivity index (χ3v) is 4.47. The second-order valence-electron chi connectivity index (χ2n) is 5.43. The van der Waals surface area contributed by atoms with Gasteiger partial charge in [-0.2, -0.15) is 0 Å². The van der Waals surface area contributed by atoms with Crippen molar-refractivity contribution in [1.29, 1.82) is 0 Å². The van der Waals surface area contributed by atoms with Gasteiger partial charge in [0.2, 0.25) is 0 Å². The first-order chi connectivity index (χ1) is 9.47. The molecule has 0 aromatic heterocycles. The molecule has 1 saturated heterocycles. The Morgan fingerprint density at radius 3 is 2.95 bits per heavy atom. The molecular formula is C14H17BrN2O3. The van der Waals surface area contributed by atoms with Crippen molar-refractivity contribution in [2.75, 3.05) is 23.4 Å². The van der Waals surface area contributed by atoms with Crippen molar-refractivity contribution in [2.45, 2.75) is 32.1 Å². The summed E-state index contributed by atoms with van der Waals surface area (Å²) in [6.07, 6.45) is -0.900. The zero-order valence-electron chi connectivity index (χ0n) is 11.4. The highest BCUT2D eigenvalue weighted by molar-refractivity contribution is 9.10. The van der Waals surface area contributed by atoms with E-state index in [1.54, 1.807) is 0 Å². The summed E-state index contributed by atoms with van der Waals surface area (Å²) in [5, 5.41) is 12.5. The largest absolute Gasteiger partial charge is 0.378 e. The van der Waals surface area contributed by atoms with E-state index >= 15 is 0 Å². The SMILES string of the molecule is CC1CN(c2cc3c(cc2Br)C(O)C(=O)N3)C(C)CO1. The summed E-state index contributed by atoms with van der Waals surface area (Å²) in [6, 6.07) is 4.00. The number of aliphatic hydroxyl groups excluding tert-OH is 1. The molecule has 2 aliphatic heterocycles. The Morgan fingerprint density at radius 1 is 1.45 bits per heavy atom. The minimum atomic E-state index is -1.07. The van der Waals surface area contributed by atoms with Gasteiger partial charge in [-0.15, -0.1) is 0 Å². The van der Waals surface area contributed by atoms with Gasteiger partial charge in [-0.05, 0) is 41.9 Å². The average molecular weight is 341 g/mol. The molecule has 1 fully saturated rings. The van der Waals surface area contributed by atoms with Gasteiger partial charge in [0.1, 0.15) is 0 Å². The summed E-state index contributed by atoms with van der Waals surface area (Å²) in [7, 11) is 0. The first kappa shape index (κ1) is 13.9. The summed E-state index contributed by atoms with van der Waals surface area (Å²) >= 11 is 3.55. The van der Waals surface area contributed by atoms with Gasteiger partial charge in [0.15, 0.2) is 6.10 Å². The van der Waals surface area contributed by atoms with E-state index < -0.39 is 6.10 Å². The molecule has 108 valence electrons. The van der Waals surface area contributed by atoms with Gasteiger partial charge in [-0.3, -0.25) is 4.79 Å². The van der Waals surface area contributed by atoms with Crippen LogP contribution in [0.1, 0.15) is 25.5 Å². The Bertz CT molecular complexity index is 564. The molecule has 0 saturated carbocycles. The van der Waals surface area contributed by atoms with E-state index in [2.05, 4.69) is 33.1 Å². The van der Waals surface area contributed by atoms with Crippen molar-refractivity contribution in [3.63, 3.8) is 0 Å². The van der Waals surface area contributed by atoms with Crippen LogP contribution >= 0.6 is 15.9 Å². The minimum absolute atomic E-state index is 0.173. The third kappa shape index (κ3) is 2.21. The Morgan fingerprint density at radius 2 is 2.20 bits per heavy atom. The molecule has 2 heterocycles. The summed E-state index contributed by atoms with van der Waals surface area (Å²) < 4.78 is 6.52. The molecule has 0 spiro atoms. The zero-order chi connectivity index (χ0) is 14.4. The predicted octanol–water partition coefficient (Wildman–Crippen LogP) is 2.05. The van der Waals surface area contributed by atoms with Crippen LogP contribution in [0.3, 0.4) is 0 Å². The number of morpholine rings is 1. The number of hydrogen-bond donors (Lipinski definition) is 2.